The Morgan fingerprint density at radius 3 is 2.94 bits per heavy atom. The summed E-state index contributed by atoms with van der Waals surface area (Å²) in [4.78, 5) is 0. The van der Waals surface area contributed by atoms with Gasteiger partial charge in [0.25, 0.3) is 0 Å². The molecule has 1 saturated carbocycles. The van der Waals surface area contributed by atoms with Crippen LogP contribution in [-0.4, -0.2) is 36.4 Å². The third-order valence-corrected chi connectivity index (χ3v) is 4.08. The van der Waals surface area contributed by atoms with Crippen molar-refractivity contribution >= 4 is 0 Å². The van der Waals surface area contributed by atoms with E-state index < -0.39 is 5.60 Å². The van der Waals surface area contributed by atoms with Gasteiger partial charge in [-0.3, -0.25) is 0 Å². The molecule has 3 nitrogen and oxygen atoms in total. The highest BCUT2D eigenvalue weighted by Crippen LogP contribution is 2.31. The van der Waals surface area contributed by atoms with Crippen LogP contribution in [0.25, 0.3) is 0 Å². The first-order valence-electron chi connectivity index (χ1n) is 6.84. The molecule has 0 bridgehead atoms. The molecule has 0 radical (unpaired) electrons. The van der Waals surface area contributed by atoms with Crippen LogP contribution in [0.1, 0.15) is 45.4 Å². The Morgan fingerprint density at radius 1 is 1.38 bits per heavy atom. The van der Waals surface area contributed by atoms with Gasteiger partial charge in [0.15, 0.2) is 0 Å². The molecule has 0 amide bonds. The van der Waals surface area contributed by atoms with E-state index in [4.69, 9.17) is 0 Å². The molecular formula is C13H26N2O. The molecule has 1 heterocycles. The number of piperidine rings is 1. The molecule has 2 aliphatic rings. The van der Waals surface area contributed by atoms with Crippen molar-refractivity contribution in [3.05, 3.63) is 0 Å². The van der Waals surface area contributed by atoms with Gasteiger partial charge in [0.2, 0.25) is 0 Å². The molecule has 94 valence electrons. The summed E-state index contributed by atoms with van der Waals surface area (Å²) in [7, 11) is 0. The van der Waals surface area contributed by atoms with E-state index in [0.717, 1.165) is 32.5 Å². The van der Waals surface area contributed by atoms with Gasteiger partial charge in [-0.15, -0.1) is 0 Å². The second-order valence-electron chi connectivity index (χ2n) is 5.85. The van der Waals surface area contributed by atoms with E-state index in [1.54, 1.807) is 0 Å². The summed E-state index contributed by atoms with van der Waals surface area (Å²) < 4.78 is 0. The zero-order valence-electron chi connectivity index (χ0n) is 10.5. The van der Waals surface area contributed by atoms with Crippen LogP contribution >= 0.6 is 0 Å². The molecule has 0 aromatic carbocycles. The second-order valence-corrected chi connectivity index (χ2v) is 5.85. The Morgan fingerprint density at radius 2 is 2.25 bits per heavy atom. The van der Waals surface area contributed by atoms with Crippen LogP contribution in [0.5, 0.6) is 0 Å². The predicted molar refractivity (Wildman–Crippen MR) is 66.5 cm³/mol. The first-order valence-corrected chi connectivity index (χ1v) is 6.84. The average molecular weight is 226 g/mol. The zero-order chi connectivity index (χ0) is 11.4. The smallest absolute Gasteiger partial charge is 0.0774 e. The van der Waals surface area contributed by atoms with Crippen molar-refractivity contribution in [2.24, 2.45) is 5.92 Å². The van der Waals surface area contributed by atoms with E-state index in [0.29, 0.717) is 12.0 Å². The largest absolute Gasteiger partial charge is 0.389 e. The first-order chi connectivity index (χ1) is 7.68. The van der Waals surface area contributed by atoms with Crippen molar-refractivity contribution in [2.75, 3.05) is 19.6 Å². The predicted octanol–water partition coefficient (Wildman–Crippen LogP) is 1.27. The van der Waals surface area contributed by atoms with Crippen molar-refractivity contribution in [3.8, 4) is 0 Å². The van der Waals surface area contributed by atoms with Crippen LogP contribution in [0.2, 0.25) is 0 Å². The number of hydrogen-bond donors (Lipinski definition) is 3. The Bertz CT molecular complexity index is 216. The minimum absolute atomic E-state index is 0.435. The topological polar surface area (TPSA) is 44.3 Å². The summed E-state index contributed by atoms with van der Waals surface area (Å²) >= 11 is 0. The van der Waals surface area contributed by atoms with Gasteiger partial charge in [-0.1, -0.05) is 19.8 Å². The molecule has 0 spiro atoms. The molecule has 0 aromatic heterocycles. The number of aliphatic hydroxyl groups is 1. The van der Waals surface area contributed by atoms with E-state index >= 15 is 0 Å². The van der Waals surface area contributed by atoms with Crippen LogP contribution in [-0.2, 0) is 0 Å². The third-order valence-electron chi connectivity index (χ3n) is 4.08. The van der Waals surface area contributed by atoms with Gasteiger partial charge in [0.1, 0.15) is 0 Å². The summed E-state index contributed by atoms with van der Waals surface area (Å²) in [6.07, 6.45) is 6.92. The van der Waals surface area contributed by atoms with E-state index in [2.05, 4.69) is 17.6 Å². The zero-order valence-corrected chi connectivity index (χ0v) is 10.5. The maximum absolute atomic E-state index is 10.5. The Balaban J connectivity index is 1.74. The Hall–Kier alpha value is -0.120. The lowest BCUT2D eigenvalue weighted by molar-refractivity contribution is -0.0142. The summed E-state index contributed by atoms with van der Waals surface area (Å²) in [5.41, 5.74) is -0.435. The third kappa shape index (κ3) is 3.44. The monoisotopic (exact) mass is 226 g/mol. The fourth-order valence-corrected chi connectivity index (χ4v) is 3.15. The second kappa shape index (κ2) is 5.48. The molecule has 2 rings (SSSR count). The highest BCUT2D eigenvalue weighted by atomic mass is 16.3. The van der Waals surface area contributed by atoms with Gasteiger partial charge in [-0.2, -0.15) is 0 Å². The molecule has 3 unspecified atom stereocenters. The minimum Gasteiger partial charge on any atom is -0.389 e. The van der Waals surface area contributed by atoms with E-state index in [9.17, 15) is 5.11 Å². The van der Waals surface area contributed by atoms with Crippen LogP contribution in [0.3, 0.4) is 0 Å². The molecule has 1 aliphatic heterocycles. The molecule has 16 heavy (non-hydrogen) atoms. The lowest BCUT2D eigenvalue weighted by Gasteiger charge is -2.37. The average Bonchev–Trinajstić information content (AvgIpc) is 2.28. The lowest BCUT2D eigenvalue weighted by Crippen LogP contribution is -2.51. The number of hydrogen-bond acceptors (Lipinski definition) is 3. The van der Waals surface area contributed by atoms with Crippen molar-refractivity contribution in [3.63, 3.8) is 0 Å². The Labute approximate surface area is 99.0 Å². The van der Waals surface area contributed by atoms with Crippen molar-refractivity contribution < 1.29 is 5.11 Å². The molecule has 2 fully saturated rings. The van der Waals surface area contributed by atoms with Gasteiger partial charge in [0, 0.05) is 19.1 Å². The molecule has 3 atom stereocenters. The molecule has 3 N–H and O–H groups in total. The minimum atomic E-state index is -0.435. The van der Waals surface area contributed by atoms with Crippen LogP contribution in [0.4, 0.5) is 0 Å². The van der Waals surface area contributed by atoms with Gasteiger partial charge in [-0.25, -0.2) is 0 Å². The van der Waals surface area contributed by atoms with E-state index in [1.807, 2.05) is 0 Å². The van der Waals surface area contributed by atoms with E-state index in [1.165, 1.54) is 25.7 Å². The Kier molecular flexibility index (Phi) is 4.22. The maximum atomic E-state index is 10.5. The normalized spacial score (nSPS) is 40.9. The lowest BCUT2D eigenvalue weighted by atomic mass is 9.79. The van der Waals surface area contributed by atoms with Crippen LogP contribution in [0, 0.1) is 5.92 Å². The maximum Gasteiger partial charge on any atom is 0.0774 e. The van der Waals surface area contributed by atoms with E-state index in [-0.39, 0.29) is 0 Å². The number of nitrogens with one attached hydrogen (secondary N) is 2. The first kappa shape index (κ1) is 12.3. The van der Waals surface area contributed by atoms with Crippen molar-refractivity contribution in [2.45, 2.75) is 57.1 Å². The SMILES string of the molecule is CC1CCCC(O)(CNC2CCCNC2)C1. The van der Waals surface area contributed by atoms with Gasteiger partial charge < -0.3 is 15.7 Å². The van der Waals surface area contributed by atoms with Crippen molar-refractivity contribution in [1.29, 1.82) is 0 Å². The summed E-state index contributed by atoms with van der Waals surface area (Å²) in [6.45, 7) is 5.25. The van der Waals surface area contributed by atoms with Crippen LogP contribution in [0.15, 0.2) is 0 Å². The molecule has 1 aliphatic carbocycles. The van der Waals surface area contributed by atoms with Gasteiger partial charge >= 0.3 is 0 Å². The summed E-state index contributed by atoms with van der Waals surface area (Å²) in [6, 6.07) is 0.565. The van der Waals surface area contributed by atoms with Crippen molar-refractivity contribution in [1.82, 2.24) is 10.6 Å². The summed E-state index contributed by atoms with van der Waals surface area (Å²) in [5, 5.41) is 17.4. The van der Waals surface area contributed by atoms with Gasteiger partial charge in [-0.05, 0) is 38.1 Å². The number of rotatable bonds is 3. The van der Waals surface area contributed by atoms with Crippen LogP contribution < -0.4 is 10.6 Å². The highest BCUT2D eigenvalue weighted by Gasteiger charge is 2.32. The molecule has 0 aromatic rings. The molecular weight excluding hydrogens is 200 g/mol. The highest BCUT2D eigenvalue weighted by molar-refractivity contribution is 4.89. The quantitative estimate of drug-likeness (QED) is 0.679. The molecule has 1 saturated heterocycles. The fourth-order valence-electron chi connectivity index (χ4n) is 3.15. The van der Waals surface area contributed by atoms with Gasteiger partial charge in [0.05, 0.1) is 5.60 Å². The fraction of sp³-hybridized carbons (Fsp3) is 1.00. The molecule has 3 heteroatoms. The summed E-state index contributed by atoms with van der Waals surface area (Å²) in [5.74, 6) is 0.685. The standard InChI is InChI=1S/C13H26N2O/c1-11-4-2-6-13(16,8-11)10-15-12-5-3-7-14-9-12/h11-12,14-16H,2-10H2,1H3.